The van der Waals surface area contributed by atoms with Crippen molar-refractivity contribution in [3.05, 3.63) is 12.0 Å². The number of nitrogens with zero attached hydrogens (tertiary/aromatic N) is 2. The minimum absolute atomic E-state index is 0.0579. The number of aliphatic hydroxyl groups excluding tert-OH is 1. The van der Waals surface area contributed by atoms with Crippen molar-refractivity contribution in [3.63, 3.8) is 0 Å². The Kier molecular flexibility index (Phi) is 5.62. The second-order valence-electron chi connectivity index (χ2n) is 3.75. The molecule has 1 aromatic heterocycles. The van der Waals surface area contributed by atoms with Gasteiger partial charge in [-0.05, 0) is 12.8 Å². The zero-order valence-corrected chi connectivity index (χ0v) is 10.2. The summed E-state index contributed by atoms with van der Waals surface area (Å²) in [6.45, 7) is 4.61. The largest absolute Gasteiger partial charge is 0.394 e. The average molecular weight is 242 g/mol. The van der Waals surface area contributed by atoms with Crippen molar-refractivity contribution in [3.8, 4) is 0 Å². The van der Waals surface area contributed by atoms with E-state index >= 15 is 0 Å². The van der Waals surface area contributed by atoms with Gasteiger partial charge in [0.05, 0.1) is 18.8 Å². The Balaban J connectivity index is 2.75. The van der Waals surface area contributed by atoms with Gasteiger partial charge >= 0.3 is 0 Å². The van der Waals surface area contributed by atoms with E-state index in [4.69, 9.17) is 5.11 Å². The van der Waals surface area contributed by atoms with Gasteiger partial charge in [0.2, 0.25) is 5.95 Å². The minimum Gasteiger partial charge on any atom is -0.394 e. The molecule has 1 unspecified atom stereocenters. The zero-order chi connectivity index (χ0) is 12.7. The molecule has 0 fully saturated rings. The molecule has 0 saturated heterocycles. The van der Waals surface area contributed by atoms with E-state index in [0.717, 1.165) is 19.2 Å². The summed E-state index contributed by atoms with van der Waals surface area (Å²) in [5, 5.41) is 14.9. The molecule has 0 aliphatic rings. The van der Waals surface area contributed by atoms with Gasteiger partial charge in [0.1, 0.15) is 0 Å². The van der Waals surface area contributed by atoms with E-state index in [9.17, 15) is 4.39 Å². The maximum absolute atomic E-state index is 13.4. The number of hydrogen-bond donors (Lipinski definition) is 3. The van der Waals surface area contributed by atoms with Gasteiger partial charge in [0, 0.05) is 6.54 Å². The minimum atomic E-state index is -0.515. The van der Waals surface area contributed by atoms with Crippen LogP contribution in [0.25, 0.3) is 0 Å². The summed E-state index contributed by atoms with van der Waals surface area (Å²) >= 11 is 0. The Morgan fingerprint density at radius 3 is 2.82 bits per heavy atom. The van der Waals surface area contributed by atoms with Crippen LogP contribution in [0.4, 0.5) is 16.2 Å². The van der Waals surface area contributed by atoms with Gasteiger partial charge < -0.3 is 15.7 Å². The number of anilines is 2. The van der Waals surface area contributed by atoms with Crippen LogP contribution >= 0.6 is 0 Å². The van der Waals surface area contributed by atoms with Gasteiger partial charge in [-0.25, -0.2) is 9.37 Å². The SMILES string of the molecule is CCCNc1ncc(F)c(NC(CC)CO)n1. The molecular formula is C11H19FN4O. The lowest BCUT2D eigenvalue weighted by Crippen LogP contribution is -2.24. The fourth-order valence-corrected chi connectivity index (χ4v) is 1.26. The van der Waals surface area contributed by atoms with Crippen LogP contribution in [0.1, 0.15) is 26.7 Å². The van der Waals surface area contributed by atoms with Gasteiger partial charge in [-0.2, -0.15) is 4.98 Å². The topological polar surface area (TPSA) is 70.1 Å². The van der Waals surface area contributed by atoms with Crippen LogP contribution in [0.15, 0.2) is 6.20 Å². The maximum atomic E-state index is 13.4. The highest BCUT2D eigenvalue weighted by Gasteiger charge is 2.11. The van der Waals surface area contributed by atoms with Crippen LogP contribution in [-0.4, -0.2) is 34.3 Å². The summed E-state index contributed by atoms with van der Waals surface area (Å²) in [6.07, 6.45) is 2.76. The van der Waals surface area contributed by atoms with Crippen LogP contribution in [0.2, 0.25) is 0 Å². The predicted octanol–water partition coefficient (Wildman–Crippen LogP) is 1.62. The Hall–Kier alpha value is -1.43. The highest BCUT2D eigenvalue weighted by Crippen LogP contribution is 2.13. The molecule has 5 nitrogen and oxygen atoms in total. The lowest BCUT2D eigenvalue weighted by molar-refractivity contribution is 0.271. The summed E-state index contributed by atoms with van der Waals surface area (Å²) in [5.74, 6) is 0.00185. The summed E-state index contributed by atoms with van der Waals surface area (Å²) in [5.41, 5.74) is 0. The second kappa shape index (κ2) is 7.01. The first-order chi connectivity index (χ1) is 8.21. The quantitative estimate of drug-likeness (QED) is 0.678. The lowest BCUT2D eigenvalue weighted by Gasteiger charge is -2.15. The van der Waals surface area contributed by atoms with Crippen molar-refractivity contribution in [2.45, 2.75) is 32.7 Å². The first kappa shape index (κ1) is 13.6. The molecule has 0 radical (unpaired) electrons. The monoisotopic (exact) mass is 242 g/mol. The smallest absolute Gasteiger partial charge is 0.224 e. The molecule has 0 aromatic carbocycles. The Morgan fingerprint density at radius 1 is 1.47 bits per heavy atom. The van der Waals surface area contributed by atoms with Gasteiger partial charge in [-0.3, -0.25) is 0 Å². The molecule has 3 N–H and O–H groups in total. The van der Waals surface area contributed by atoms with Crippen molar-refractivity contribution in [1.82, 2.24) is 9.97 Å². The molecular weight excluding hydrogens is 223 g/mol. The number of aliphatic hydroxyl groups is 1. The lowest BCUT2D eigenvalue weighted by atomic mass is 10.2. The summed E-state index contributed by atoms with van der Waals surface area (Å²) in [4.78, 5) is 7.86. The normalized spacial score (nSPS) is 12.2. The van der Waals surface area contributed by atoms with Crippen LogP contribution in [0, 0.1) is 5.82 Å². The highest BCUT2D eigenvalue weighted by atomic mass is 19.1. The molecule has 1 rings (SSSR count). The van der Waals surface area contributed by atoms with Crippen LogP contribution in [0.3, 0.4) is 0 Å². The van der Waals surface area contributed by atoms with Crippen LogP contribution < -0.4 is 10.6 Å². The number of halogens is 1. The number of hydrogen-bond acceptors (Lipinski definition) is 5. The molecule has 0 spiro atoms. The molecule has 1 heterocycles. The maximum Gasteiger partial charge on any atom is 0.224 e. The third-order valence-electron chi connectivity index (χ3n) is 2.33. The fourth-order valence-electron chi connectivity index (χ4n) is 1.26. The molecule has 0 saturated carbocycles. The van der Waals surface area contributed by atoms with Crippen LogP contribution in [-0.2, 0) is 0 Å². The molecule has 1 aromatic rings. The Labute approximate surface area is 100 Å². The summed E-state index contributed by atoms with van der Waals surface area (Å²) < 4.78 is 13.4. The van der Waals surface area contributed by atoms with Gasteiger partial charge in [-0.15, -0.1) is 0 Å². The van der Waals surface area contributed by atoms with E-state index in [1.165, 1.54) is 0 Å². The molecule has 0 aliphatic carbocycles. The number of rotatable bonds is 7. The molecule has 96 valence electrons. The van der Waals surface area contributed by atoms with Crippen molar-refractivity contribution in [2.75, 3.05) is 23.8 Å². The van der Waals surface area contributed by atoms with Crippen LogP contribution in [0.5, 0.6) is 0 Å². The van der Waals surface area contributed by atoms with Crippen molar-refractivity contribution < 1.29 is 9.50 Å². The van der Waals surface area contributed by atoms with E-state index in [0.29, 0.717) is 12.4 Å². The van der Waals surface area contributed by atoms with Gasteiger partial charge in [0.15, 0.2) is 11.6 Å². The Bertz CT molecular complexity index is 344. The molecule has 17 heavy (non-hydrogen) atoms. The van der Waals surface area contributed by atoms with E-state index < -0.39 is 5.82 Å². The van der Waals surface area contributed by atoms with Crippen molar-refractivity contribution in [1.29, 1.82) is 0 Å². The third-order valence-corrected chi connectivity index (χ3v) is 2.33. The second-order valence-corrected chi connectivity index (χ2v) is 3.75. The van der Waals surface area contributed by atoms with Crippen molar-refractivity contribution in [2.24, 2.45) is 0 Å². The highest BCUT2D eigenvalue weighted by molar-refractivity contribution is 5.41. The van der Waals surface area contributed by atoms with E-state index in [1.807, 2.05) is 13.8 Å². The first-order valence-electron chi connectivity index (χ1n) is 5.85. The molecule has 0 amide bonds. The summed E-state index contributed by atoms with van der Waals surface area (Å²) in [7, 11) is 0. The third kappa shape index (κ3) is 4.14. The fraction of sp³-hybridized carbons (Fsp3) is 0.636. The first-order valence-corrected chi connectivity index (χ1v) is 5.85. The molecule has 1 atom stereocenters. The van der Waals surface area contributed by atoms with E-state index in [-0.39, 0.29) is 18.5 Å². The molecule has 0 aliphatic heterocycles. The van der Waals surface area contributed by atoms with E-state index in [2.05, 4.69) is 20.6 Å². The van der Waals surface area contributed by atoms with Gasteiger partial charge in [0.25, 0.3) is 0 Å². The standard InChI is InChI=1S/C11H19FN4O/c1-3-5-13-11-14-6-9(12)10(16-11)15-8(4-2)7-17/h6,8,17H,3-5,7H2,1-2H3,(H2,13,14,15,16). The summed E-state index contributed by atoms with van der Waals surface area (Å²) in [6, 6.07) is -0.196. The predicted molar refractivity (Wildman–Crippen MR) is 65.6 cm³/mol. The van der Waals surface area contributed by atoms with E-state index in [1.54, 1.807) is 0 Å². The molecule has 6 heteroatoms. The Morgan fingerprint density at radius 2 is 2.24 bits per heavy atom. The van der Waals surface area contributed by atoms with Crippen molar-refractivity contribution >= 4 is 11.8 Å². The number of nitrogens with one attached hydrogen (secondary N) is 2. The molecule has 0 bridgehead atoms. The van der Waals surface area contributed by atoms with Gasteiger partial charge in [-0.1, -0.05) is 13.8 Å². The zero-order valence-electron chi connectivity index (χ0n) is 10.2. The average Bonchev–Trinajstić information content (AvgIpc) is 2.36. The number of aromatic nitrogens is 2.